The molecule has 0 atom stereocenters. The molecule has 1 amide bonds. The van der Waals surface area contributed by atoms with E-state index in [1.54, 1.807) is 37.0 Å². The quantitative estimate of drug-likeness (QED) is 0.421. The van der Waals surface area contributed by atoms with E-state index in [4.69, 9.17) is 16.1 Å². The molecule has 2 aromatic carbocycles. The molecule has 0 aliphatic rings. The van der Waals surface area contributed by atoms with Gasteiger partial charge in [-0.25, -0.2) is 4.98 Å². The average Bonchev–Trinajstić information content (AvgIpc) is 3.12. The third-order valence-electron chi connectivity index (χ3n) is 4.19. The first-order chi connectivity index (χ1) is 14.1. The summed E-state index contributed by atoms with van der Waals surface area (Å²) in [5.74, 6) is 0.128. The lowest BCUT2D eigenvalue weighted by Crippen LogP contribution is -2.13. The van der Waals surface area contributed by atoms with Gasteiger partial charge in [0.15, 0.2) is 0 Å². The first-order valence-corrected chi connectivity index (χ1v) is 10.0. The fourth-order valence-electron chi connectivity index (χ4n) is 2.80. The molecule has 29 heavy (non-hydrogen) atoms. The number of benzene rings is 2. The molecule has 0 aliphatic carbocycles. The van der Waals surface area contributed by atoms with Gasteiger partial charge in [0.1, 0.15) is 22.0 Å². The third kappa shape index (κ3) is 4.34. The van der Waals surface area contributed by atoms with E-state index in [0.717, 1.165) is 9.92 Å². The number of pyridine rings is 1. The minimum atomic E-state index is -0.302. The summed E-state index contributed by atoms with van der Waals surface area (Å²) in [6.07, 6.45) is 1.76. The maximum absolute atomic E-state index is 12.9. The Morgan fingerprint density at radius 1 is 1.03 bits per heavy atom. The molecule has 0 saturated heterocycles. The summed E-state index contributed by atoms with van der Waals surface area (Å²) in [6, 6.07) is 20.6. The molecule has 0 saturated carbocycles. The Kier molecular flexibility index (Phi) is 5.64. The summed E-state index contributed by atoms with van der Waals surface area (Å²) in [5.41, 5.74) is 2.11. The van der Waals surface area contributed by atoms with Crippen molar-refractivity contribution in [3.63, 3.8) is 0 Å². The number of amides is 1. The Hall–Kier alpha value is -3.09. The molecule has 4 aromatic rings. The van der Waals surface area contributed by atoms with Crippen molar-refractivity contribution >= 4 is 35.0 Å². The predicted molar refractivity (Wildman–Crippen MR) is 114 cm³/mol. The molecule has 1 N–H and O–H groups in total. The molecule has 0 aliphatic heterocycles. The predicted octanol–water partition coefficient (Wildman–Crippen LogP) is 6.10. The zero-order valence-electron chi connectivity index (χ0n) is 15.4. The zero-order chi connectivity index (χ0) is 20.2. The van der Waals surface area contributed by atoms with E-state index in [-0.39, 0.29) is 5.91 Å². The van der Waals surface area contributed by atoms with Crippen molar-refractivity contribution in [1.82, 2.24) is 10.1 Å². The molecule has 0 unspecified atom stereocenters. The van der Waals surface area contributed by atoms with E-state index in [1.165, 1.54) is 0 Å². The molecule has 2 heterocycles. The van der Waals surface area contributed by atoms with Gasteiger partial charge in [0.05, 0.1) is 5.02 Å². The number of nitrogens with one attached hydrogen (secondary N) is 1. The standard InChI is InChI=1S/C22H16ClN3O2S/c1-14-20(21(26-28-14)17-6-2-3-7-18(17)23)22(27)25-15-9-11-16(12-10-15)29-19-8-4-5-13-24-19/h2-13H,1H3,(H,25,27). The molecule has 0 bridgehead atoms. The van der Waals surface area contributed by atoms with E-state index in [9.17, 15) is 4.79 Å². The second kappa shape index (κ2) is 8.51. The van der Waals surface area contributed by atoms with Gasteiger partial charge in [0, 0.05) is 22.3 Å². The Bertz CT molecular complexity index is 1140. The number of hydrogen-bond donors (Lipinski definition) is 1. The lowest BCUT2D eigenvalue weighted by atomic mass is 10.1. The largest absolute Gasteiger partial charge is 0.360 e. The highest BCUT2D eigenvalue weighted by Gasteiger charge is 2.23. The van der Waals surface area contributed by atoms with Crippen molar-refractivity contribution in [3.8, 4) is 11.3 Å². The number of anilines is 1. The minimum Gasteiger partial charge on any atom is -0.360 e. The topological polar surface area (TPSA) is 68.0 Å². The van der Waals surface area contributed by atoms with Crippen LogP contribution in [0.5, 0.6) is 0 Å². The van der Waals surface area contributed by atoms with Crippen LogP contribution < -0.4 is 5.32 Å². The van der Waals surface area contributed by atoms with Gasteiger partial charge in [-0.1, -0.05) is 52.8 Å². The van der Waals surface area contributed by atoms with Crippen molar-refractivity contribution in [2.24, 2.45) is 0 Å². The molecule has 4 rings (SSSR count). The van der Waals surface area contributed by atoms with E-state index >= 15 is 0 Å². The first kappa shape index (κ1) is 19.2. The van der Waals surface area contributed by atoms with Gasteiger partial charge >= 0.3 is 0 Å². The maximum Gasteiger partial charge on any atom is 0.261 e. The van der Waals surface area contributed by atoms with Crippen molar-refractivity contribution in [3.05, 3.63) is 89.3 Å². The smallest absolute Gasteiger partial charge is 0.261 e. The molecule has 0 spiro atoms. The highest BCUT2D eigenvalue weighted by Crippen LogP contribution is 2.32. The minimum absolute atomic E-state index is 0.302. The Balaban J connectivity index is 1.53. The molecule has 2 aromatic heterocycles. The SMILES string of the molecule is Cc1onc(-c2ccccc2Cl)c1C(=O)Nc1ccc(Sc2ccccn2)cc1. The maximum atomic E-state index is 12.9. The number of halogens is 1. The van der Waals surface area contributed by atoms with Crippen molar-refractivity contribution in [2.75, 3.05) is 5.32 Å². The number of aryl methyl sites for hydroxylation is 1. The molecule has 144 valence electrons. The van der Waals surface area contributed by atoms with Crippen LogP contribution in [0.25, 0.3) is 11.3 Å². The van der Waals surface area contributed by atoms with Gasteiger partial charge < -0.3 is 9.84 Å². The fraction of sp³-hybridized carbons (Fsp3) is 0.0455. The number of nitrogens with zero attached hydrogens (tertiary/aromatic N) is 2. The molecule has 7 heteroatoms. The Morgan fingerprint density at radius 2 is 1.79 bits per heavy atom. The van der Waals surface area contributed by atoms with Gasteiger partial charge in [-0.2, -0.15) is 0 Å². The number of hydrogen-bond acceptors (Lipinski definition) is 5. The van der Waals surface area contributed by atoms with Crippen LogP contribution in [0.1, 0.15) is 16.1 Å². The van der Waals surface area contributed by atoms with Gasteiger partial charge in [-0.15, -0.1) is 0 Å². The van der Waals surface area contributed by atoms with Crippen LogP contribution in [-0.4, -0.2) is 16.0 Å². The zero-order valence-corrected chi connectivity index (χ0v) is 17.0. The fourth-order valence-corrected chi connectivity index (χ4v) is 3.80. The van der Waals surface area contributed by atoms with E-state index < -0.39 is 0 Å². The van der Waals surface area contributed by atoms with E-state index in [1.807, 2.05) is 54.6 Å². The van der Waals surface area contributed by atoms with Crippen LogP contribution in [0.4, 0.5) is 5.69 Å². The average molecular weight is 422 g/mol. The lowest BCUT2D eigenvalue weighted by Gasteiger charge is -2.08. The van der Waals surface area contributed by atoms with Gasteiger partial charge in [-0.05, 0) is 49.4 Å². The second-order valence-corrected chi connectivity index (χ2v) is 7.69. The van der Waals surface area contributed by atoms with Crippen LogP contribution in [0.2, 0.25) is 5.02 Å². The monoisotopic (exact) mass is 421 g/mol. The van der Waals surface area contributed by atoms with Crippen LogP contribution in [0, 0.1) is 6.92 Å². The summed E-state index contributed by atoms with van der Waals surface area (Å²) in [4.78, 5) is 18.2. The Morgan fingerprint density at radius 3 is 2.52 bits per heavy atom. The normalized spacial score (nSPS) is 10.7. The van der Waals surface area contributed by atoms with Crippen molar-refractivity contribution in [2.45, 2.75) is 16.8 Å². The van der Waals surface area contributed by atoms with Crippen LogP contribution in [0.15, 0.2) is 87.4 Å². The summed E-state index contributed by atoms with van der Waals surface area (Å²) in [6.45, 7) is 1.70. The number of carbonyl (C=O) groups is 1. The molecular weight excluding hydrogens is 406 g/mol. The van der Waals surface area contributed by atoms with Gasteiger partial charge in [0.2, 0.25) is 0 Å². The number of carbonyl (C=O) groups excluding carboxylic acids is 1. The summed E-state index contributed by atoms with van der Waals surface area (Å²) >= 11 is 7.82. The number of aromatic nitrogens is 2. The molecule has 0 radical (unpaired) electrons. The van der Waals surface area contributed by atoms with E-state index in [0.29, 0.717) is 33.3 Å². The lowest BCUT2D eigenvalue weighted by molar-refractivity contribution is 0.102. The van der Waals surface area contributed by atoms with E-state index in [2.05, 4.69) is 15.5 Å². The second-order valence-electron chi connectivity index (χ2n) is 6.19. The Labute approximate surface area is 177 Å². The summed E-state index contributed by atoms with van der Waals surface area (Å²) in [7, 11) is 0. The molecule has 5 nitrogen and oxygen atoms in total. The van der Waals surface area contributed by atoms with Crippen molar-refractivity contribution < 1.29 is 9.32 Å². The van der Waals surface area contributed by atoms with Gasteiger partial charge in [-0.3, -0.25) is 4.79 Å². The molecular formula is C22H16ClN3O2S. The highest BCUT2D eigenvalue weighted by atomic mass is 35.5. The number of rotatable bonds is 5. The van der Waals surface area contributed by atoms with Crippen LogP contribution >= 0.6 is 23.4 Å². The molecule has 0 fully saturated rings. The first-order valence-electron chi connectivity index (χ1n) is 8.83. The summed E-state index contributed by atoms with van der Waals surface area (Å²) < 4.78 is 5.27. The van der Waals surface area contributed by atoms with Crippen LogP contribution in [0.3, 0.4) is 0 Å². The summed E-state index contributed by atoms with van der Waals surface area (Å²) in [5, 5.41) is 8.36. The van der Waals surface area contributed by atoms with Crippen LogP contribution in [-0.2, 0) is 0 Å². The third-order valence-corrected chi connectivity index (χ3v) is 5.48. The van der Waals surface area contributed by atoms with Gasteiger partial charge in [0.25, 0.3) is 5.91 Å². The van der Waals surface area contributed by atoms with Crippen molar-refractivity contribution in [1.29, 1.82) is 0 Å². The highest BCUT2D eigenvalue weighted by molar-refractivity contribution is 7.99.